The number of halogens is 1. The molecule has 1 aromatic carbocycles. The van der Waals surface area contributed by atoms with Crippen molar-refractivity contribution >= 4 is 17.5 Å². The topological polar surface area (TPSA) is 63.1 Å². The van der Waals surface area contributed by atoms with E-state index in [0.717, 1.165) is 0 Å². The lowest BCUT2D eigenvalue weighted by molar-refractivity contribution is 0.0934. The summed E-state index contributed by atoms with van der Waals surface area (Å²) >= 11 is 6.13. The minimum absolute atomic E-state index is 0.223. The molecule has 1 aliphatic carbocycles. The van der Waals surface area contributed by atoms with Crippen LogP contribution in [-0.2, 0) is 0 Å². The number of para-hydroxylation sites is 1. The van der Waals surface area contributed by atoms with Crippen LogP contribution in [0.2, 0.25) is 5.02 Å². The number of amides is 1. The van der Waals surface area contributed by atoms with Gasteiger partial charge in [0, 0.05) is 18.6 Å². The zero-order valence-electron chi connectivity index (χ0n) is 13.2. The van der Waals surface area contributed by atoms with Gasteiger partial charge in [-0.3, -0.25) is 9.69 Å². The van der Waals surface area contributed by atoms with Crippen molar-refractivity contribution in [1.29, 1.82) is 0 Å². The van der Waals surface area contributed by atoms with Gasteiger partial charge in [-0.05, 0) is 38.9 Å². The summed E-state index contributed by atoms with van der Waals surface area (Å²) in [5.74, 6) is -0.223. The maximum absolute atomic E-state index is 12.2. The summed E-state index contributed by atoms with van der Waals surface area (Å²) in [4.78, 5) is 14.5. The number of carbonyl (C=O) groups excluding carboxylic acids is 1. The van der Waals surface area contributed by atoms with Gasteiger partial charge in [0.2, 0.25) is 0 Å². The average molecular weight is 334 g/mol. The molecule has 2 aromatic rings. The predicted molar refractivity (Wildman–Crippen MR) is 88.9 cm³/mol. The lowest BCUT2D eigenvalue weighted by atomic mass is 10.3. The van der Waals surface area contributed by atoms with Crippen LogP contribution in [0.1, 0.15) is 30.3 Å². The SMILES string of the molecule is C[C@@H](CNC(=O)c1cn(-c2ccccc2Cl)nn1)N(C)C1CC1. The average Bonchev–Trinajstić information content (AvgIpc) is 3.29. The van der Waals surface area contributed by atoms with Gasteiger partial charge in [-0.15, -0.1) is 5.10 Å². The molecule has 0 bridgehead atoms. The second kappa shape index (κ2) is 6.68. The Bertz CT molecular complexity index is 697. The van der Waals surface area contributed by atoms with Crippen molar-refractivity contribution in [2.45, 2.75) is 31.8 Å². The maximum Gasteiger partial charge on any atom is 0.273 e. The molecule has 1 aliphatic rings. The van der Waals surface area contributed by atoms with Crippen molar-refractivity contribution in [2.24, 2.45) is 0 Å². The van der Waals surface area contributed by atoms with Gasteiger partial charge < -0.3 is 5.32 Å². The van der Waals surface area contributed by atoms with E-state index >= 15 is 0 Å². The summed E-state index contributed by atoms with van der Waals surface area (Å²) in [7, 11) is 2.10. The normalized spacial score (nSPS) is 15.7. The first-order valence-corrected chi connectivity index (χ1v) is 8.11. The number of aromatic nitrogens is 3. The van der Waals surface area contributed by atoms with Crippen LogP contribution in [0.15, 0.2) is 30.5 Å². The molecule has 1 amide bonds. The fourth-order valence-electron chi connectivity index (χ4n) is 2.44. The molecular formula is C16H20ClN5O. The Morgan fingerprint density at radius 1 is 1.48 bits per heavy atom. The molecule has 1 atom stereocenters. The molecular weight excluding hydrogens is 314 g/mol. The van der Waals surface area contributed by atoms with E-state index in [1.54, 1.807) is 12.3 Å². The number of nitrogens with zero attached hydrogens (tertiary/aromatic N) is 4. The van der Waals surface area contributed by atoms with E-state index in [9.17, 15) is 4.79 Å². The molecule has 1 saturated carbocycles. The van der Waals surface area contributed by atoms with Crippen LogP contribution in [-0.4, -0.2) is 51.5 Å². The van der Waals surface area contributed by atoms with Gasteiger partial charge in [-0.1, -0.05) is 28.9 Å². The molecule has 7 heteroatoms. The molecule has 1 fully saturated rings. The van der Waals surface area contributed by atoms with Gasteiger partial charge in [0.25, 0.3) is 5.91 Å². The number of hydrogen-bond donors (Lipinski definition) is 1. The molecule has 0 spiro atoms. The van der Waals surface area contributed by atoms with Crippen molar-refractivity contribution in [3.8, 4) is 5.69 Å². The summed E-state index contributed by atoms with van der Waals surface area (Å²) in [6.07, 6.45) is 4.09. The smallest absolute Gasteiger partial charge is 0.273 e. The molecule has 1 heterocycles. The van der Waals surface area contributed by atoms with Gasteiger partial charge in [0.15, 0.2) is 5.69 Å². The maximum atomic E-state index is 12.2. The third-order valence-electron chi connectivity index (χ3n) is 4.20. The molecule has 0 aliphatic heterocycles. The van der Waals surface area contributed by atoms with E-state index in [1.165, 1.54) is 17.5 Å². The minimum Gasteiger partial charge on any atom is -0.349 e. The molecule has 0 saturated heterocycles. The van der Waals surface area contributed by atoms with E-state index < -0.39 is 0 Å². The van der Waals surface area contributed by atoms with Crippen LogP contribution < -0.4 is 5.32 Å². The van der Waals surface area contributed by atoms with Crippen LogP contribution in [0.5, 0.6) is 0 Å². The minimum atomic E-state index is -0.223. The van der Waals surface area contributed by atoms with Gasteiger partial charge in [-0.25, -0.2) is 4.68 Å². The highest BCUT2D eigenvalue weighted by molar-refractivity contribution is 6.32. The highest BCUT2D eigenvalue weighted by Crippen LogP contribution is 2.26. The summed E-state index contributed by atoms with van der Waals surface area (Å²) in [6, 6.07) is 8.26. The van der Waals surface area contributed by atoms with Gasteiger partial charge in [0.05, 0.1) is 16.9 Å². The molecule has 3 rings (SSSR count). The van der Waals surface area contributed by atoms with Gasteiger partial charge >= 0.3 is 0 Å². The molecule has 23 heavy (non-hydrogen) atoms. The quantitative estimate of drug-likeness (QED) is 0.879. The third kappa shape index (κ3) is 3.71. The van der Waals surface area contributed by atoms with E-state index in [2.05, 4.69) is 34.5 Å². The van der Waals surface area contributed by atoms with Crippen molar-refractivity contribution in [3.63, 3.8) is 0 Å². The van der Waals surface area contributed by atoms with E-state index in [-0.39, 0.29) is 11.6 Å². The van der Waals surface area contributed by atoms with Gasteiger partial charge in [0.1, 0.15) is 0 Å². The fraction of sp³-hybridized carbons (Fsp3) is 0.438. The molecule has 0 unspecified atom stereocenters. The Labute approximate surface area is 140 Å². The van der Waals surface area contributed by atoms with E-state index in [0.29, 0.717) is 29.3 Å². The van der Waals surface area contributed by atoms with Crippen LogP contribution in [0.4, 0.5) is 0 Å². The monoisotopic (exact) mass is 333 g/mol. The highest BCUT2D eigenvalue weighted by atomic mass is 35.5. The Morgan fingerprint density at radius 3 is 2.91 bits per heavy atom. The fourth-order valence-corrected chi connectivity index (χ4v) is 2.66. The number of benzene rings is 1. The second-order valence-corrected chi connectivity index (χ2v) is 6.36. The number of likely N-dealkylation sites (N-methyl/N-ethyl adjacent to an activating group) is 1. The summed E-state index contributed by atoms with van der Waals surface area (Å²) in [5.41, 5.74) is 0.980. The first-order valence-electron chi connectivity index (χ1n) is 7.73. The molecule has 1 N–H and O–H groups in total. The highest BCUT2D eigenvalue weighted by Gasteiger charge is 2.29. The zero-order valence-corrected chi connectivity index (χ0v) is 14.0. The Balaban J connectivity index is 1.61. The van der Waals surface area contributed by atoms with Crippen molar-refractivity contribution in [1.82, 2.24) is 25.2 Å². The van der Waals surface area contributed by atoms with E-state index in [1.807, 2.05) is 18.2 Å². The largest absolute Gasteiger partial charge is 0.349 e. The molecule has 0 radical (unpaired) electrons. The van der Waals surface area contributed by atoms with Crippen molar-refractivity contribution in [2.75, 3.05) is 13.6 Å². The summed E-state index contributed by atoms with van der Waals surface area (Å²) in [6.45, 7) is 2.70. The second-order valence-electron chi connectivity index (χ2n) is 5.96. The standard InChI is InChI=1S/C16H20ClN5O/c1-11(21(2)12-7-8-12)9-18-16(23)14-10-22(20-19-14)15-6-4-3-5-13(15)17/h3-6,10-12H,7-9H2,1-2H3,(H,18,23)/t11-/m0/s1. The number of hydrogen-bond acceptors (Lipinski definition) is 4. The van der Waals surface area contributed by atoms with E-state index in [4.69, 9.17) is 11.6 Å². The molecule has 1 aromatic heterocycles. The number of rotatable bonds is 6. The first kappa shape index (κ1) is 16.0. The van der Waals surface area contributed by atoms with Gasteiger partial charge in [-0.2, -0.15) is 0 Å². The lowest BCUT2D eigenvalue weighted by Gasteiger charge is -2.24. The summed E-state index contributed by atoms with van der Waals surface area (Å²) in [5, 5.41) is 11.4. The zero-order chi connectivity index (χ0) is 16.4. The number of nitrogens with one attached hydrogen (secondary N) is 1. The van der Waals surface area contributed by atoms with Crippen LogP contribution in [0.25, 0.3) is 5.69 Å². The Kier molecular flexibility index (Phi) is 4.63. The van der Waals surface area contributed by atoms with Crippen molar-refractivity contribution < 1.29 is 4.79 Å². The van der Waals surface area contributed by atoms with Crippen LogP contribution in [0.3, 0.4) is 0 Å². The summed E-state index contributed by atoms with van der Waals surface area (Å²) < 4.78 is 1.51. The lowest BCUT2D eigenvalue weighted by Crippen LogP contribution is -2.41. The third-order valence-corrected chi connectivity index (χ3v) is 4.52. The Morgan fingerprint density at radius 2 is 2.22 bits per heavy atom. The molecule has 122 valence electrons. The van der Waals surface area contributed by atoms with Crippen LogP contribution in [0, 0.1) is 0 Å². The molecule has 6 nitrogen and oxygen atoms in total. The van der Waals surface area contributed by atoms with Crippen molar-refractivity contribution in [3.05, 3.63) is 41.2 Å². The first-order chi connectivity index (χ1) is 11.1. The Hall–Kier alpha value is -1.92. The number of carbonyl (C=O) groups is 1. The predicted octanol–water partition coefficient (Wildman–Crippen LogP) is 2.13. The van der Waals surface area contributed by atoms with Crippen LogP contribution >= 0.6 is 11.6 Å².